The van der Waals surface area contributed by atoms with Crippen LogP contribution in [-0.4, -0.2) is 27.9 Å². The van der Waals surface area contributed by atoms with Crippen molar-refractivity contribution in [3.8, 4) is 10.8 Å². The van der Waals surface area contributed by atoms with Gasteiger partial charge in [0.15, 0.2) is 0 Å². The Hall–Kier alpha value is -1.31. The van der Waals surface area contributed by atoms with Gasteiger partial charge in [-0.25, -0.2) is 4.98 Å². The molecule has 0 bridgehead atoms. The van der Waals surface area contributed by atoms with E-state index in [9.17, 15) is 4.79 Å². The number of rotatable bonds is 6. The van der Waals surface area contributed by atoms with Crippen LogP contribution in [0.5, 0.6) is 0 Å². The molecule has 0 aliphatic rings. The lowest BCUT2D eigenvalue weighted by Crippen LogP contribution is -2.32. The third-order valence-corrected chi connectivity index (χ3v) is 4.41. The maximum Gasteiger partial charge on any atom is 0.321 e. The first-order valence-electron chi connectivity index (χ1n) is 5.64. The Morgan fingerprint density at radius 2 is 2.47 bits per heavy atom. The van der Waals surface area contributed by atoms with Crippen LogP contribution >= 0.6 is 23.1 Å². The van der Waals surface area contributed by atoms with Gasteiger partial charge >= 0.3 is 5.97 Å². The van der Waals surface area contributed by atoms with Crippen molar-refractivity contribution in [3.63, 3.8) is 0 Å². The summed E-state index contributed by atoms with van der Waals surface area (Å²) < 4.78 is 5.60. The summed E-state index contributed by atoms with van der Waals surface area (Å²) in [5.41, 5.74) is 6.28. The lowest BCUT2D eigenvalue weighted by Gasteiger charge is -2.04. The maximum absolute atomic E-state index is 10.6. The first kappa shape index (κ1) is 14.1. The fraction of sp³-hybridized carbons (Fsp3) is 0.333. The molecule has 0 fully saturated rings. The Labute approximate surface area is 118 Å². The summed E-state index contributed by atoms with van der Waals surface area (Å²) >= 11 is 3.01. The summed E-state index contributed by atoms with van der Waals surface area (Å²) in [6.07, 6.45) is 0. The van der Waals surface area contributed by atoms with Crippen molar-refractivity contribution < 1.29 is 14.3 Å². The lowest BCUT2D eigenvalue weighted by atomic mass is 10.4. The van der Waals surface area contributed by atoms with Gasteiger partial charge in [0.05, 0.1) is 10.6 Å². The first-order valence-corrected chi connectivity index (χ1v) is 7.67. The lowest BCUT2D eigenvalue weighted by molar-refractivity contribution is -0.137. The number of hydrogen-bond acceptors (Lipinski definition) is 6. The molecule has 2 aromatic rings. The van der Waals surface area contributed by atoms with Gasteiger partial charge in [0.1, 0.15) is 11.8 Å². The summed E-state index contributed by atoms with van der Waals surface area (Å²) in [5, 5.41) is 10.7. The predicted octanol–water partition coefficient (Wildman–Crippen LogP) is 2.36. The van der Waals surface area contributed by atoms with Crippen molar-refractivity contribution in [3.05, 3.63) is 29.0 Å². The minimum atomic E-state index is -0.983. The van der Waals surface area contributed by atoms with Crippen molar-refractivity contribution in [1.29, 1.82) is 0 Å². The number of carbonyl (C=O) groups is 1. The highest BCUT2D eigenvalue weighted by Crippen LogP contribution is 2.27. The summed E-state index contributed by atoms with van der Waals surface area (Å²) in [6.45, 7) is 1.86. The zero-order chi connectivity index (χ0) is 13.8. The number of carboxylic acid groups (broad SMARTS) is 1. The topological polar surface area (TPSA) is 89.4 Å². The molecule has 0 radical (unpaired) electrons. The second-order valence-electron chi connectivity index (χ2n) is 3.96. The Bertz CT molecular complexity index is 551. The van der Waals surface area contributed by atoms with Crippen LogP contribution in [-0.2, 0) is 10.5 Å². The number of thiophene rings is 1. The molecule has 5 nitrogen and oxygen atoms in total. The summed E-state index contributed by atoms with van der Waals surface area (Å²) in [6, 6.07) is 3.06. The Balaban J connectivity index is 1.96. The van der Waals surface area contributed by atoms with E-state index in [1.54, 1.807) is 11.3 Å². The van der Waals surface area contributed by atoms with Crippen molar-refractivity contribution in [2.45, 2.75) is 18.7 Å². The highest BCUT2D eigenvalue weighted by atomic mass is 32.2. The van der Waals surface area contributed by atoms with Gasteiger partial charge in [-0.1, -0.05) is 6.07 Å². The molecule has 3 N–H and O–H groups in total. The van der Waals surface area contributed by atoms with E-state index >= 15 is 0 Å². The van der Waals surface area contributed by atoms with Gasteiger partial charge in [0.2, 0.25) is 5.89 Å². The van der Waals surface area contributed by atoms with Crippen LogP contribution in [0.1, 0.15) is 11.5 Å². The molecule has 0 saturated carbocycles. The predicted molar refractivity (Wildman–Crippen MR) is 76.3 cm³/mol. The molecule has 0 aliphatic heterocycles. The second kappa shape index (κ2) is 6.23. The number of oxazole rings is 1. The number of nitrogens with zero attached hydrogens (tertiary/aromatic N) is 1. The van der Waals surface area contributed by atoms with Gasteiger partial charge in [-0.3, -0.25) is 4.79 Å². The van der Waals surface area contributed by atoms with E-state index in [1.165, 1.54) is 11.8 Å². The van der Waals surface area contributed by atoms with Crippen molar-refractivity contribution in [2.24, 2.45) is 5.73 Å². The minimum Gasteiger partial charge on any atom is -0.480 e. The van der Waals surface area contributed by atoms with Crippen LogP contribution in [0.2, 0.25) is 0 Å². The largest absolute Gasteiger partial charge is 0.480 e. The third-order valence-electron chi connectivity index (χ3n) is 2.48. The SMILES string of the molecule is Cc1oc(-c2cccs2)nc1CSCC(N)C(=O)O. The van der Waals surface area contributed by atoms with E-state index in [1.807, 2.05) is 24.4 Å². The smallest absolute Gasteiger partial charge is 0.321 e. The van der Waals surface area contributed by atoms with E-state index in [-0.39, 0.29) is 0 Å². The van der Waals surface area contributed by atoms with Gasteiger partial charge in [-0.2, -0.15) is 11.8 Å². The van der Waals surface area contributed by atoms with Gasteiger partial charge in [-0.05, 0) is 18.4 Å². The fourth-order valence-electron chi connectivity index (χ4n) is 1.42. The number of aromatic nitrogens is 1. The molecule has 7 heteroatoms. The molecule has 2 rings (SSSR count). The third kappa shape index (κ3) is 3.59. The average molecular weight is 298 g/mol. The molecule has 0 aromatic carbocycles. The standard InChI is InChI=1S/C12H14N2O3S2/c1-7-9(6-18-5-8(13)12(15)16)14-11(17-7)10-3-2-4-19-10/h2-4,8H,5-6,13H2,1H3,(H,15,16). The molecular formula is C12H14N2O3S2. The van der Waals surface area contributed by atoms with Crippen molar-refractivity contribution >= 4 is 29.1 Å². The Morgan fingerprint density at radius 1 is 1.68 bits per heavy atom. The van der Waals surface area contributed by atoms with Gasteiger partial charge in [-0.15, -0.1) is 11.3 Å². The van der Waals surface area contributed by atoms with Crippen LogP contribution in [0.25, 0.3) is 10.8 Å². The fourth-order valence-corrected chi connectivity index (χ4v) is 3.05. The summed E-state index contributed by atoms with van der Waals surface area (Å²) in [5.74, 6) is 1.35. The van der Waals surface area contributed by atoms with E-state index in [4.69, 9.17) is 15.3 Å². The minimum absolute atomic E-state index is 0.357. The number of aliphatic carboxylic acids is 1. The highest BCUT2D eigenvalue weighted by molar-refractivity contribution is 7.98. The molecule has 2 heterocycles. The van der Waals surface area contributed by atoms with Crippen LogP contribution < -0.4 is 5.73 Å². The zero-order valence-electron chi connectivity index (χ0n) is 10.3. The number of thioether (sulfide) groups is 1. The van der Waals surface area contributed by atoms with E-state index in [0.717, 1.165) is 16.3 Å². The molecule has 19 heavy (non-hydrogen) atoms. The molecule has 0 aliphatic carbocycles. The normalized spacial score (nSPS) is 12.5. The highest BCUT2D eigenvalue weighted by Gasteiger charge is 2.14. The van der Waals surface area contributed by atoms with Gasteiger partial charge in [0, 0.05) is 11.5 Å². The number of nitrogens with two attached hydrogens (primary N) is 1. The average Bonchev–Trinajstić information content (AvgIpc) is 2.99. The Kier molecular flexibility index (Phi) is 4.62. The van der Waals surface area contributed by atoms with E-state index in [2.05, 4.69) is 4.98 Å². The van der Waals surface area contributed by atoms with Crippen molar-refractivity contribution in [1.82, 2.24) is 4.98 Å². The number of aryl methyl sites for hydroxylation is 1. The molecule has 1 atom stereocenters. The summed E-state index contributed by atoms with van der Waals surface area (Å²) in [4.78, 5) is 16.0. The maximum atomic E-state index is 10.6. The molecule has 0 amide bonds. The molecule has 1 unspecified atom stereocenters. The summed E-state index contributed by atoms with van der Waals surface area (Å²) in [7, 11) is 0. The second-order valence-corrected chi connectivity index (χ2v) is 5.94. The number of carboxylic acids is 1. The molecular weight excluding hydrogens is 284 g/mol. The van der Waals surface area contributed by atoms with Gasteiger partial charge in [0.25, 0.3) is 0 Å². The molecule has 2 aromatic heterocycles. The zero-order valence-corrected chi connectivity index (χ0v) is 12.0. The van der Waals surface area contributed by atoms with Crippen LogP contribution in [0.3, 0.4) is 0 Å². The Morgan fingerprint density at radius 3 is 3.11 bits per heavy atom. The van der Waals surface area contributed by atoms with E-state index in [0.29, 0.717) is 17.4 Å². The quantitative estimate of drug-likeness (QED) is 0.851. The van der Waals surface area contributed by atoms with Crippen molar-refractivity contribution in [2.75, 3.05) is 5.75 Å². The molecule has 0 spiro atoms. The van der Waals surface area contributed by atoms with E-state index < -0.39 is 12.0 Å². The van der Waals surface area contributed by atoms with Crippen LogP contribution in [0, 0.1) is 6.92 Å². The van der Waals surface area contributed by atoms with Crippen LogP contribution in [0.4, 0.5) is 0 Å². The monoisotopic (exact) mass is 298 g/mol. The first-order chi connectivity index (χ1) is 9.08. The molecule has 102 valence electrons. The number of hydrogen-bond donors (Lipinski definition) is 2. The molecule has 0 saturated heterocycles. The van der Waals surface area contributed by atoms with Crippen LogP contribution in [0.15, 0.2) is 21.9 Å². The van der Waals surface area contributed by atoms with Gasteiger partial charge < -0.3 is 15.3 Å².